The van der Waals surface area contributed by atoms with Gasteiger partial charge < -0.3 is 13.7 Å². The number of para-hydroxylation sites is 5. The number of aromatic nitrogens is 6. The molecule has 0 saturated carbocycles. The first-order valence-electron chi connectivity index (χ1n) is 23.4. The van der Waals surface area contributed by atoms with Crippen molar-refractivity contribution < 1.29 is 0 Å². The van der Waals surface area contributed by atoms with E-state index >= 15 is 0 Å². The molecule has 14 rings (SSSR count). The molecule has 0 aliphatic carbocycles. The third-order valence-corrected chi connectivity index (χ3v) is 13.6. The SMILES string of the molecule is c1ccc(-c2nc(-c3ccccc3)nc(-c3cc(-n4c5ccccc5c5ccccc54)cc(-n4c5ccccc5c5cc(-c6ccc7c(c6)c6ccccc6n7-c6ccccc6)ccc54)c3)n2)cc1. The van der Waals surface area contributed by atoms with Crippen LogP contribution >= 0.6 is 0 Å². The molecular formula is C63H40N6. The molecule has 10 aromatic carbocycles. The fourth-order valence-corrected chi connectivity index (χ4v) is 10.6. The minimum absolute atomic E-state index is 0.596. The zero-order valence-electron chi connectivity index (χ0n) is 37.3. The third-order valence-electron chi connectivity index (χ3n) is 13.6. The van der Waals surface area contributed by atoms with Gasteiger partial charge in [-0.1, -0.05) is 164 Å². The second-order valence-electron chi connectivity index (χ2n) is 17.7. The first-order chi connectivity index (χ1) is 34.2. The van der Waals surface area contributed by atoms with E-state index < -0.39 is 0 Å². The summed E-state index contributed by atoms with van der Waals surface area (Å²) in [4.78, 5) is 15.6. The summed E-state index contributed by atoms with van der Waals surface area (Å²) in [5.41, 5.74) is 15.1. The second-order valence-corrected chi connectivity index (χ2v) is 17.7. The van der Waals surface area contributed by atoms with Gasteiger partial charge in [-0.05, 0) is 90.0 Å². The molecule has 0 bridgehead atoms. The first-order valence-corrected chi connectivity index (χ1v) is 23.4. The molecule has 14 aromatic rings. The molecule has 0 spiro atoms. The Balaban J connectivity index is 1.00. The van der Waals surface area contributed by atoms with Crippen LogP contribution in [0.25, 0.3) is 128 Å². The van der Waals surface area contributed by atoms with E-state index in [0.717, 1.165) is 61.4 Å². The van der Waals surface area contributed by atoms with E-state index in [9.17, 15) is 0 Å². The summed E-state index contributed by atoms with van der Waals surface area (Å²) in [6.07, 6.45) is 0. The summed E-state index contributed by atoms with van der Waals surface area (Å²) in [6, 6.07) is 86.5. The highest BCUT2D eigenvalue weighted by Crippen LogP contribution is 2.41. The van der Waals surface area contributed by atoms with Crippen molar-refractivity contribution in [3.63, 3.8) is 0 Å². The van der Waals surface area contributed by atoms with Gasteiger partial charge in [-0.25, -0.2) is 15.0 Å². The predicted octanol–water partition coefficient (Wildman–Crippen LogP) is 15.8. The minimum atomic E-state index is 0.596. The van der Waals surface area contributed by atoms with Crippen LogP contribution in [0, 0.1) is 0 Å². The van der Waals surface area contributed by atoms with Crippen LogP contribution in [0.1, 0.15) is 0 Å². The molecule has 6 nitrogen and oxygen atoms in total. The van der Waals surface area contributed by atoms with E-state index in [-0.39, 0.29) is 0 Å². The maximum atomic E-state index is 5.26. The summed E-state index contributed by atoms with van der Waals surface area (Å²) in [7, 11) is 0. The molecule has 322 valence electrons. The smallest absolute Gasteiger partial charge is 0.164 e. The number of rotatable bonds is 7. The van der Waals surface area contributed by atoms with Crippen molar-refractivity contribution >= 4 is 65.4 Å². The molecule has 6 heteroatoms. The van der Waals surface area contributed by atoms with Gasteiger partial charge in [0.25, 0.3) is 0 Å². The molecule has 0 atom stereocenters. The van der Waals surface area contributed by atoms with Crippen molar-refractivity contribution in [1.82, 2.24) is 28.7 Å². The molecule has 0 saturated heterocycles. The molecule has 0 amide bonds. The Morgan fingerprint density at radius 2 is 0.522 bits per heavy atom. The van der Waals surface area contributed by atoms with Gasteiger partial charge in [0.2, 0.25) is 0 Å². The van der Waals surface area contributed by atoms with Gasteiger partial charge in [0, 0.05) is 66.1 Å². The zero-order chi connectivity index (χ0) is 45.4. The Morgan fingerprint density at radius 1 is 0.203 bits per heavy atom. The molecular weight excluding hydrogens is 841 g/mol. The Morgan fingerprint density at radius 3 is 0.942 bits per heavy atom. The topological polar surface area (TPSA) is 53.5 Å². The Hall–Kier alpha value is -9.39. The van der Waals surface area contributed by atoms with Gasteiger partial charge in [-0.3, -0.25) is 0 Å². The van der Waals surface area contributed by atoms with Crippen molar-refractivity contribution in [2.45, 2.75) is 0 Å². The summed E-state index contributed by atoms with van der Waals surface area (Å²) in [6.45, 7) is 0. The van der Waals surface area contributed by atoms with Crippen molar-refractivity contribution in [3.05, 3.63) is 243 Å². The van der Waals surface area contributed by atoms with Gasteiger partial charge in [-0.15, -0.1) is 0 Å². The summed E-state index contributed by atoms with van der Waals surface area (Å²) in [5, 5.41) is 7.22. The van der Waals surface area contributed by atoms with Crippen LogP contribution in [0.3, 0.4) is 0 Å². The van der Waals surface area contributed by atoms with E-state index in [2.05, 4.69) is 220 Å². The van der Waals surface area contributed by atoms with E-state index in [0.29, 0.717) is 17.5 Å². The van der Waals surface area contributed by atoms with Crippen LogP contribution in [-0.2, 0) is 0 Å². The van der Waals surface area contributed by atoms with Crippen LogP contribution in [0.2, 0.25) is 0 Å². The molecule has 0 fully saturated rings. The van der Waals surface area contributed by atoms with Crippen LogP contribution in [0.4, 0.5) is 0 Å². The highest BCUT2D eigenvalue weighted by molar-refractivity contribution is 6.13. The lowest BCUT2D eigenvalue weighted by atomic mass is 10.0. The quantitative estimate of drug-likeness (QED) is 0.160. The fourth-order valence-electron chi connectivity index (χ4n) is 10.6. The number of benzene rings is 10. The maximum Gasteiger partial charge on any atom is 0.164 e. The molecule has 0 N–H and O–H groups in total. The Labute approximate surface area is 397 Å². The summed E-state index contributed by atoms with van der Waals surface area (Å²) < 4.78 is 7.16. The number of hydrogen-bond donors (Lipinski definition) is 0. The zero-order valence-corrected chi connectivity index (χ0v) is 37.3. The standard InChI is InChI=1S/C63H40N6/c1-4-18-41(19-5-1)61-64-62(42-20-6-2-7-21-42)66-63(65-61)45-36-47(68-55-28-14-10-24-49(55)50-25-11-15-29-56(50)68)40-48(37-45)69-58-31-17-13-27-52(58)54-39-44(33-35-60(54)69)43-32-34-59-53(38-43)51-26-12-16-30-57(51)67(59)46-22-8-3-9-23-46/h1-40H. The highest BCUT2D eigenvalue weighted by Gasteiger charge is 2.21. The van der Waals surface area contributed by atoms with Crippen molar-refractivity contribution in [1.29, 1.82) is 0 Å². The molecule has 4 heterocycles. The van der Waals surface area contributed by atoms with Crippen LogP contribution in [-0.4, -0.2) is 28.7 Å². The van der Waals surface area contributed by atoms with Gasteiger partial charge in [-0.2, -0.15) is 0 Å². The van der Waals surface area contributed by atoms with Crippen LogP contribution in [0.5, 0.6) is 0 Å². The molecule has 0 aliphatic rings. The van der Waals surface area contributed by atoms with E-state index in [1.807, 2.05) is 36.4 Å². The molecule has 69 heavy (non-hydrogen) atoms. The van der Waals surface area contributed by atoms with Crippen molar-refractivity contribution in [2.24, 2.45) is 0 Å². The molecule has 0 unspecified atom stereocenters. The number of hydrogen-bond acceptors (Lipinski definition) is 3. The molecule has 0 aliphatic heterocycles. The average Bonchev–Trinajstić information content (AvgIpc) is 4.07. The number of fused-ring (bicyclic) bond motifs is 9. The highest BCUT2D eigenvalue weighted by atomic mass is 15.0. The third kappa shape index (κ3) is 6.30. The first kappa shape index (κ1) is 38.8. The second kappa shape index (κ2) is 15.6. The fraction of sp³-hybridized carbons (Fsp3) is 0. The molecule has 4 aromatic heterocycles. The summed E-state index contributed by atoms with van der Waals surface area (Å²) in [5.74, 6) is 1.84. The summed E-state index contributed by atoms with van der Waals surface area (Å²) >= 11 is 0. The molecule has 0 radical (unpaired) electrons. The predicted molar refractivity (Wildman–Crippen MR) is 285 cm³/mol. The van der Waals surface area contributed by atoms with Gasteiger partial charge in [0.05, 0.1) is 33.1 Å². The van der Waals surface area contributed by atoms with Gasteiger partial charge in [0.1, 0.15) is 0 Å². The largest absolute Gasteiger partial charge is 0.309 e. The van der Waals surface area contributed by atoms with Crippen molar-refractivity contribution in [2.75, 3.05) is 0 Å². The van der Waals surface area contributed by atoms with Gasteiger partial charge >= 0.3 is 0 Å². The Bertz CT molecular complexity index is 4190. The monoisotopic (exact) mass is 880 g/mol. The lowest BCUT2D eigenvalue weighted by Gasteiger charge is -2.16. The van der Waals surface area contributed by atoms with E-state index in [1.165, 1.54) is 48.9 Å². The average molecular weight is 881 g/mol. The minimum Gasteiger partial charge on any atom is -0.309 e. The van der Waals surface area contributed by atoms with E-state index in [1.54, 1.807) is 0 Å². The lowest BCUT2D eigenvalue weighted by Crippen LogP contribution is -2.03. The lowest BCUT2D eigenvalue weighted by molar-refractivity contribution is 1.07. The van der Waals surface area contributed by atoms with Crippen molar-refractivity contribution in [3.8, 4) is 62.4 Å². The normalized spacial score (nSPS) is 11.8. The Kier molecular flexibility index (Phi) is 8.79. The maximum absolute atomic E-state index is 5.26. The van der Waals surface area contributed by atoms with E-state index in [4.69, 9.17) is 15.0 Å². The van der Waals surface area contributed by atoms with Crippen LogP contribution < -0.4 is 0 Å². The van der Waals surface area contributed by atoms with Crippen LogP contribution in [0.15, 0.2) is 243 Å². The number of nitrogens with zero attached hydrogens (tertiary/aromatic N) is 6. The van der Waals surface area contributed by atoms with Gasteiger partial charge in [0.15, 0.2) is 17.5 Å².